The van der Waals surface area contributed by atoms with Crippen LogP contribution in [0.1, 0.15) is 80.4 Å². The summed E-state index contributed by atoms with van der Waals surface area (Å²) in [5.41, 5.74) is 4.19. The minimum Gasteiger partial charge on any atom is -0.367 e. The molecule has 13 heteroatoms. The molecule has 0 spiro atoms. The van der Waals surface area contributed by atoms with Crippen LogP contribution in [-0.2, 0) is 30.7 Å². The molecule has 0 saturated carbocycles. The Kier molecular flexibility index (Phi) is 11.0. The largest absolute Gasteiger partial charge is 0.393 e. The Hall–Kier alpha value is -3.73. The molecule has 6 rings (SSSR count). The van der Waals surface area contributed by atoms with Gasteiger partial charge in [0, 0.05) is 86.0 Å². The topological polar surface area (TPSA) is 102 Å². The van der Waals surface area contributed by atoms with Crippen molar-refractivity contribution in [2.75, 3.05) is 31.5 Å². The lowest BCUT2D eigenvalue weighted by molar-refractivity contribution is -0.126. The van der Waals surface area contributed by atoms with Gasteiger partial charge in [0.1, 0.15) is 28.2 Å². The van der Waals surface area contributed by atoms with Gasteiger partial charge in [-0.3, -0.25) is 14.6 Å². The molecule has 2 N–H and O–H groups in total. The summed E-state index contributed by atoms with van der Waals surface area (Å²) in [5, 5.41) is 18.5. The quantitative estimate of drug-likeness (QED) is 0.174. The Labute approximate surface area is 295 Å². The van der Waals surface area contributed by atoms with Gasteiger partial charge in [0.05, 0.1) is 11.8 Å². The van der Waals surface area contributed by atoms with Crippen LogP contribution in [0.3, 0.4) is 0 Å². The first kappa shape index (κ1) is 36.1. The Balaban J connectivity index is 1.08. The molecule has 4 aromatic rings. The summed E-state index contributed by atoms with van der Waals surface area (Å²) < 4.78 is 41.5. The fourth-order valence-electron chi connectivity index (χ4n) is 7.41. The number of likely N-dealkylation sites (tertiary alicyclic amines) is 2. The van der Waals surface area contributed by atoms with Gasteiger partial charge >= 0.3 is 6.18 Å². The second-order valence-electron chi connectivity index (χ2n) is 13.9. The molecular formula is C37H47F3N8OS. The molecule has 1 aromatic carbocycles. The van der Waals surface area contributed by atoms with Gasteiger partial charge in [-0.25, -0.2) is 9.97 Å². The summed E-state index contributed by atoms with van der Waals surface area (Å²) in [6, 6.07) is 11.1. The number of hydrogen-bond acceptors (Lipinski definition) is 8. The first-order valence-electron chi connectivity index (χ1n) is 17.8. The number of aromatic nitrogens is 3. The summed E-state index contributed by atoms with van der Waals surface area (Å²) in [6.45, 7) is 13.3. The highest BCUT2D eigenvalue weighted by Gasteiger charge is 2.30. The van der Waals surface area contributed by atoms with E-state index in [1.54, 1.807) is 6.07 Å². The second kappa shape index (κ2) is 15.3. The zero-order valence-corrected chi connectivity index (χ0v) is 30.2. The van der Waals surface area contributed by atoms with Crippen LogP contribution in [0.25, 0.3) is 21.1 Å². The molecule has 2 aliphatic rings. The molecule has 0 radical (unpaired) electrons. The van der Waals surface area contributed by atoms with Gasteiger partial charge in [0.2, 0.25) is 5.91 Å². The molecule has 50 heavy (non-hydrogen) atoms. The number of fused-ring (bicyclic) bond motifs is 2. The summed E-state index contributed by atoms with van der Waals surface area (Å²) >= 11 is 1.10. The van der Waals surface area contributed by atoms with Crippen molar-refractivity contribution in [2.24, 2.45) is 0 Å². The van der Waals surface area contributed by atoms with E-state index in [1.165, 1.54) is 11.1 Å². The number of nitriles is 1. The third-order valence-electron chi connectivity index (χ3n) is 10.4. The van der Waals surface area contributed by atoms with Crippen LogP contribution in [0, 0.1) is 18.3 Å². The third kappa shape index (κ3) is 8.24. The van der Waals surface area contributed by atoms with Crippen LogP contribution in [-0.4, -0.2) is 80.7 Å². The van der Waals surface area contributed by atoms with E-state index in [4.69, 9.17) is 0 Å². The van der Waals surface area contributed by atoms with Crippen LogP contribution in [0.4, 0.5) is 19.0 Å². The number of carbonyl (C=O) groups is 1. The van der Waals surface area contributed by atoms with Crippen molar-refractivity contribution >= 4 is 44.2 Å². The minimum atomic E-state index is -4.26. The molecule has 1 atom stereocenters. The maximum atomic E-state index is 13.1. The number of nitrogens with zero attached hydrogens (tertiary/aromatic N) is 6. The highest BCUT2D eigenvalue weighted by molar-refractivity contribution is 7.18. The van der Waals surface area contributed by atoms with E-state index in [9.17, 15) is 23.2 Å². The molecule has 0 unspecified atom stereocenters. The number of carbonyl (C=O) groups excluding carboxylic acids is 1. The van der Waals surface area contributed by atoms with Crippen molar-refractivity contribution in [3.8, 4) is 6.07 Å². The van der Waals surface area contributed by atoms with Crippen LogP contribution < -0.4 is 10.6 Å². The molecule has 2 saturated heterocycles. The predicted molar refractivity (Wildman–Crippen MR) is 192 cm³/mol. The highest BCUT2D eigenvalue weighted by atomic mass is 32.1. The first-order chi connectivity index (χ1) is 23.9. The Morgan fingerprint density at radius 3 is 2.44 bits per heavy atom. The van der Waals surface area contributed by atoms with Gasteiger partial charge in [-0.15, -0.1) is 11.3 Å². The van der Waals surface area contributed by atoms with E-state index in [-0.39, 0.29) is 28.9 Å². The van der Waals surface area contributed by atoms with Crippen LogP contribution >= 0.6 is 11.3 Å². The lowest BCUT2D eigenvalue weighted by Crippen LogP contribution is -2.48. The van der Waals surface area contributed by atoms with Crippen LogP contribution in [0.15, 0.2) is 24.3 Å². The van der Waals surface area contributed by atoms with E-state index in [0.29, 0.717) is 40.4 Å². The van der Waals surface area contributed by atoms with Gasteiger partial charge < -0.3 is 15.2 Å². The molecule has 1 amide bonds. The highest BCUT2D eigenvalue weighted by Crippen LogP contribution is 2.34. The average Bonchev–Trinajstić information content (AvgIpc) is 3.66. The van der Waals surface area contributed by atoms with Crippen molar-refractivity contribution < 1.29 is 18.0 Å². The number of amides is 1. The molecular weight excluding hydrogens is 662 g/mol. The first-order valence-corrected chi connectivity index (χ1v) is 18.7. The Morgan fingerprint density at radius 1 is 1.06 bits per heavy atom. The predicted octanol–water partition coefficient (Wildman–Crippen LogP) is 6.95. The van der Waals surface area contributed by atoms with E-state index in [2.05, 4.69) is 67.0 Å². The summed E-state index contributed by atoms with van der Waals surface area (Å²) in [6.07, 6.45) is -0.440. The lowest BCUT2D eigenvalue weighted by Gasteiger charge is -2.36. The number of rotatable bonds is 11. The molecule has 0 aliphatic carbocycles. The standard InChI is InChI=1S/C37H47F3N8OS/c1-5-33-44-35(31-18-29(19-37(38,39)40)50-36(31)45-33)43-27-9-13-46(14-10-27)22-25-7-8-32-30(24(25)4)17-28(20-41)48(32)21-23(3)47-15-11-26(12-16-47)42-34(49)6-2/h7-8,17-18,23,26-27H,5-6,9-16,19,21-22H2,1-4H3,(H,42,49)(H,43,44,45)/t23-/m0/s1. The molecule has 2 fully saturated rings. The number of nitrogens with one attached hydrogen (secondary N) is 2. The Morgan fingerprint density at radius 2 is 1.78 bits per heavy atom. The molecule has 3 aromatic heterocycles. The number of halogens is 3. The lowest BCUT2D eigenvalue weighted by atomic mass is 10.0. The number of alkyl halides is 3. The number of benzene rings is 1. The number of thiophene rings is 1. The molecule has 2 aliphatic heterocycles. The van der Waals surface area contributed by atoms with Crippen LogP contribution in [0.2, 0.25) is 0 Å². The van der Waals surface area contributed by atoms with Crippen molar-refractivity contribution in [1.29, 1.82) is 5.26 Å². The van der Waals surface area contributed by atoms with Crippen molar-refractivity contribution in [1.82, 2.24) is 29.7 Å². The Bertz CT molecular complexity index is 1860. The maximum Gasteiger partial charge on any atom is 0.393 e. The fraction of sp³-hybridized carbons (Fsp3) is 0.568. The van der Waals surface area contributed by atoms with E-state index in [0.717, 1.165) is 87.2 Å². The van der Waals surface area contributed by atoms with E-state index < -0.39 is 12.6 Å². The third-order valence-corrected chi connectivity index (χ3v) is 11.4. The number of piperidine rings is 2. The number of anilines is 1. The van der Waals surface area contributed by atoms with Crippen molar-refractivity contribution in [3.05, 3.63) is 51.8 Å². The van der Waals surface area contributed by atoms with Crippen LogP contribution in [0.5, 0.6) is 0 Å². The monoisotopic (exact) mass is 708 g/mol. The smallest absolute Gasteiger partial charge is 0.367 e. The zero-order valence-electron chi connectivity index (χ0n) is 29.4. The maximum absolute atomic E-state index is 13.1. The summed E-state index contributed by atoms with van der Waals surface area (Å²) in [7, 11) is 0. The van der Waals surface area contributed by atoms with Gasteiger partial charge in [-0.1, -0.05) is 19.9 Å². The summed E-state index contributed by atoms with van der Waals surface area (Å²) in [5.74, 6) is 1.37. The number of aryl methyl sites for hydroxylation is 2. The summed E-state index contributed by atoms with van der Waals surface area (Å²) in [4.78, 5) is 26.8. The van der Waals surface area contributed by atoms with E-state index >= 15 is 0 Å². The minimum absolute atomic E-state index is 0.111. The second-order valence-corrected chi connectivity index (χ2v) is 15.0. The average molecular weight is 709 g/mol. The SMILES string of the molecule is CCC(=O)NC1CCN([C@@H](C)Cn2c(C#N)cc3c(C)c(CN4CCC(Nc5nc(CC)nc6sc(CC(F)(F)F)cc56)CC4)ccc32)CC1. The van der Waals surface area contributed by atoms with Crippen molar-refractivity contribution in [3.63, 3.8) is 0 Å². The normalized spacial score (nSPS) is 17.7. The van der Waals surface area contributed by atoms with Gasteiger partial charge in [-0.05, 0) is 68.9 Å². The molecule has 9 nitrogen and oxygen atoms in total. The zero-order chi connectivity index (χ0) is 35.6. The van der Waals surface area contributed by atoms with Gasteiger partial charge in [-0.2, -0.15) is 18.4 Å². The molecule has 268 valence electrons. The van der Waals surface area contributed by atoms with E-state index in [1.807, 2.05) is 19.9 Å². The molecule has 5 heterocycles. The molecule has 0 bridgehead atoms. The fourth-order valence-corrected chi connectivity index (χ4v) is 8.49. The van der Waals surface area contributed by atoms with Gasteiger partial charge in [0.25, 0.3) is 0 Å². The number of hydrogen-bond donors (Lipinski definition) is 2. The van der Waals surface area contributed by atoms with Crippen molar-refractivity contribution in [2.45, 2.75) is 110 Å². The van der Waals surface area contributed by atoms with Gasteiger partial charge in [0.15, 0.2) is 0 Å².